The molecule has 0 unspecified atom stereocenters. The molecule has 0 N–H and O–H groups in total. The van der Waals surface area contributed by atoms with Crippen LogP contribution in [0, 0.1) is 0 Å². The molecule has 5 rings (SSSR count). The maximum atomic E-state index is 11.5. The fraction of sp³-hybridized carbons (Fsp3) is 0.120. The normalized spacial score (nSPS) is 10.9. The summed E-state index contributed by atoms with van der Waals surface area (Å²) in [7, 11) is 1.63. The third-order valence-corrected chi connectivity index (χ3v) is 5.93. The van der Waals surface area contributed by atoms with Crippen molar-refractivity contribution in [2.75, 3.05) is 7.11 Å². The van der Waals surface area contributed by atoms with E-state index in [0.29, 0.717) is 25.3 Å². The van der Waals surface area contributed by atoms with E-state index in [4.69, 9.17) is 14.6 Å². The van der Waals surface area contributed by atoms with E-state index in [-0.39, 0.29) is 0 Å². The van der Waals surface area contributed by atoms with Crippen molar-refractivity contribution >= 4 is 29.2 Å². The van der Waals surface area contributed by atoms with Gasteiger partial charge in [-0.15, -0.1) is 0 Å². The van der Waals surface area contributed by atoms with Crippen LogP contribution in [0.15, 0.2) is 72.8 Å². The minimum Gasteiger partial charge on any atom is -0.497 e. The minimum absolute atomic E-state index is 0.420. The van der Waals surface area contributed by atoms with Crippen LogP contribution in [-0.2, 0) is 17.8 Å². The maximum Gasteiger partial charge on any atom is 0.299 e. The summed E-state index contributed by atoms with van der Waals surface area (Å²) in [4.78, 5) is 11.5. The van der Waals surface area contributed by atoms with E-state index in [1.807, 2.05) is 72.8 Å². The molecule has 164 valence electrons. The molecule has 0 amide bonds. The molecule has 0 atom stereocenters. The Morgan fingerprint density at radius 3 is 2.61 bits per heavy atom. The fourth-order valence-electron chi connectivity index (χ4n) is 3.84. The largest absolute Gasteiger partial charge is 0.497 e. The molecule has 2 aromatic heterocycles. The molecular weight excluding hydrogens is 436 g/mol. The first-order valence-electron chi connectivity index (χ1n) is 10.3. The van der Waals surface area contributed by atoms with Crippen molar-refractivity contribution in [3.05, 3.63) is 89.5 Å². The van der Waals surface area contributed by atoms with E-state index in [9.17, 15) is 4.79 Å². The van der Waals surface area contributed by atoms with Crippen molar-refractivity contribution in [3.63, 3.8) is 0 Å². The van der Waals surface area contributed by atoms with Crippen LogP contribution in [0.4, 0.5) is 0 Å². The van der Waals surface area contributed by atoms with Crippen LogP contribution in [0.5, 0.6) is 11.6 Å². The van der Waals surface area contributed by atoms with Crippen LogP contribution >= 0.6 is 11.7 Å². The van der Waals surface area contributed by atoms with Gasteiger partial charge in [-0.25, -0.2) is 4.68 Å². The number of benzene rings is 3. The number of methoxy groups -OCH3 is 1. The second-order valence-electron chi connectivity index (χ2n) is 7.49. The predicted molar refractivity (Wildman–Crippen MR) is 127 cm³/mol. The van der Waals surface area contributed by atoms with Gasteiger partial charge in [0.25, 0.3) is 6.47 Å². The van der Waals surface area contributed by atoms with Gasteiger partial charge >= 0.3 is 0 Å². The third-order valence-electron chi connectivity index (χ3n) is 5.37. The Morgan fingerprint density at radius 2 is 1.79 bits per heavy atom. The summed E-state index contributed by atoms with van der Waals surface area (Å²) in [5, 5.41) is 4.86. The van der Waals surface area contributed by atoms with Crippen LogP contribution in [0.3, 0.4) is 0 Å². The lowest BCUT2D eigenvalue weighted by atomic mass is 10.0. The topological polar surface area (TPSA) is 79.1 Å². The number of nitrogens with zero attached hydrogens (tertiary/aromatic N) is 4. The Bertz CT molecular complexity index is 1410. The zero-order valence-electron chi connectivity index (χ0n) is 17.8. The molecule has 0 spiro atoms. The first-order valence-corrected chi connectivity index (χ1v) is 11.1. The second-order valence-corrected chi connectivity index (χ2v) is 8.01. The molecule has 3 aromatic carbocycles. The third kappa shape index (κ3) is 4.33. The number of carbonyl (C=O) groups is 1. The van der Waals surface area contributed by atoms with Gasteiger partial charge in [0.05, 0.1) is 31.1 Å². The number of fused-ring (bicyclic) bond motifs is 1. The standard InChI is InChI=1S/C25H20N4O3S/c1-31-20-9-5-6-18(12-20)15-29-25(32-16-30)21(24(26-29)19-7-3-2-4-8-19)13-17-10-11-22-23(14-17)28-33-27-22/h2-12,14,16H,13,15H2,1H3. The van der Waals surface area contributed by atoms with Crippen molar-refractivity contribution < 1.29 is 14.3 Å². The Morgan fingerprint density at radius 1 is 0.939 bits per heavy atom. The van der Waals surface area contributed by atoms with E-state index >= 15 is 0 Å². The Balaban J connectivity index is 1.61. The van der Waals surface area contributed by atoms with Crippen LogP contribution in [-0.4, -0.2) is 32.1 Å². The lowest BCUT2D eigenvalue weighted by Crippen LogP contribution is -2.06. The Kier molecular flexibility index (Phi) is 5.82. The monoisotopic (exact) mass is 456 g/mol. The summed E-state index contributed by atoms with van der Waals surface area (Å²) in [6.07, 6.45) is 0.527. The van der Waals surface area contributed by atoms with Crippen molar-refractivity contribution in [1.29, 1.82) is 0 Å². The van der Waals surface area contributed by atoms with Gasteiger partial charge in [0.2, 0.25) is 5.88 Å². The predicted octanol–water partition coefficient (Wildman–Crippen LogP) is 4.74. The molecule has 33 heavy (non-hydrogen) atoms. The number of rotatable bonds is 8. The number of ether oxygens (including phenoxy) is 2. The molecule has 0 fully saturated rings. The molecule has 0 aliphatic carbocycles. The van der Waals surface area contributed by atoms with Gasteiger partial charge in [-0.3, -0.25) is 4.79 Å². The van der Waals surface area contributed by atoms with Gasteiger partial charge in [0.1, 0.15) is 16.8 Å². The van der Waals surface area contributed by atoms with Gasteiger partial charge in [-0.05, 0) is 35.4 Å². The Hall–Kier alpha value is -4.04. The van der Waals surface area contributed by atoms with Crippen LogP contribution in [0.1, 0.15) is 16.7 Å². The van der Waals surface area contributed by atoms with E-state index in [1.165, 1.54) is 11.7 Å². The van der Waals surface area contributed by atoms with Gasteiger partial charge in [-0.2, -0.15) is 13.8 Å². The molecule has 0 bridgehead atoms. The average Bonchev–Trinajstić information content (AvgIpc) is 3.45. The summed E-state index contributed by atoms with van der Waals surface area (Å²) in [5.41, 5.74) is 6.28. The highest BCUT2D eigenvalue weighted by molar-refractivity contribution is 7.00. The smallest absolute Gasteiger partial charge is 0.299 e. The first kappa shape index (κ1) is 20.8. The SMILES string of the molecule is COc1cccc(Cn2nc(-c3ccccc3)c(Cc3ccc4nsnc4c3)c2OC=O)c1. The molecule has 0 radical (unpaired) electrons. The van der Waals surface area contributed by atoms with Crippen molar-refractivity contribution in [2.45, 2.75) is 13.0 Å². The molecular formula is C25H20N4O3S. The lowest BCUT2D eigenvalue weighted by molar-refractivity contribution is -0.121. The van der Waals surface area contributed by atoms with E-state index in [2.05, 4.69) is 8.75 Å². The van der Waals surface area contributed by atoms with Gasteiger partial charge in [-0.1, -0.05) is 48.5 Å². The average molecular weight is 457 g/mol. The highest BCUT2D eigenvalue weighted by Gasteiger charge is 2.22. The molecule has 8 heteroatoms. The Labute approximate surface area is 194 Å². The summed E-state index contributed by atoms with van der Waals surface area (Å²) in [6, 6.07) is 23.6. The van der Waals surface area contributed by atoms with Crippen molar-refractivity contribution in [2.24, 2.45) is 0 Å². The van der Waals surface area contributed by atoms with Gasteiger partial charge in [0.15, 0.2) is 0 Å². The van der Waals surface area contributed by atoms with Crippen molar-refractivity contribution in [1.82, 2.24) is 18.5 Å². The van der Waals surface area contributed by atoms with Crippen molar-refractivity contribution in [3.8, 4) is 22.9 Å². The highest BCUT2D eigenvalue weighted by atomic mass is 32.1. The summed E-state index contributed by atoms with van der Waals surface area (Å²) >= 11 is 1.19. The fourth-order valence-corrected chi connectivity index (χ4v) is 4.36. The zero-order chi connectivity index (χ0) is 22.6. The molecule has 7 nitrogen and oxygen atoms in total. The summed E-state index contributed by atoms with van der Waals surface area (Å²) < 4.78 is 21.2. The molecule has 2 heterocycles. The molecule has 0 aliphatic heterocycles. The molecule has 5 aromatic rings. The van der Waals surface area contributed by atoms with E-state index in [0.717, 1.165) is 44.7 Å². The van der Waals surface area contributed by atoms with Crippen LogP contribution < -0.4 is 9.47 Å². The zero-order valence-corrected chi connectivity index (χ0v) is 18.7. The number of aromatic nitrogens is 4. The summed E-state index contributed by atoms with van der Waals surface area (Å²) in [5.74, 6) is 1.18. The van der Waals surface area contributed by atoms with E-state index < -0.39 is 0 Å². The van der Waals surface area contributed by atoms with Gasteiger partial charge < -0.3 is 9.47 Å². The first-order chi connectivity index (χ1) is 16.2. The van der Waals surface area contributed by atoms with Crippen LogP contribution in [0.2, 0.25) is 0 Å². The maximum absolute atomic E-state index is 11.5. The van der Waals surface area contributed by atoms with Gasteiger partial charge in [0, 0.05) is 17.5 Å². The number of carbonyl (C=O) groups excluding carboxylic acids is 1. The molecule has 0 aliphatic rings. The molecule has 0 saturated carbocycles. The number of hydrogen-bond acceptors (Lipinski definition) is 7. The summed E-state index contributed by atoms with van der Waals surface area (Å²) in [6.45, 7) is 0.875. The molecule has 0 saturated heterocycles. The second kappa shape index (κ2) is 9.22. The van der Waals surface area contributed by atoms with E-state index in [1.54, 1.807) is 11.8 Å². The minimum atomic E-state index is 0.420. The van der Waals surface area contributed by atoms with Crippen LogP contribution in [0.25, 0.3) is 22.3 Å². The quantitative estimate of drug-likeness (QED) is 0.314. The highest BCUT2D eigenvalue weighted by Crippen LogP contribution is 2.33. The lowest BCUT2D eigenvalue weighted by Gasteiger charge is -2.09. The number of hydrogen-bond donors (Lipinski definition) is 0.